The summed E-state index contributed by atoms with van der Waals surface area (Å²) in [7, 11) is -3.35. The zero-order valence-corrected chi connectivity index (χ0v) is 11.7. The average molecular weight is 271 g/mol. The van der Waals surface area contributed by atoms with E-state index >= 15 is 0 Å². The van der Waals surface area contributed by atoms with Crippen molar-refractivity contribution in [3.63, 3.8) is 0 Å². The van der Waals surface area contributed by atoms with Crippen molar-refractivity contribution in [3.05, 3.63) is 18.0 Å². The first-order valence-electron chi connectivity index (χ1n) is 6.32. The molecule has 0 bridgehead atoms. The maximum atomic E-state index is 12.4. The Kier molecular flexibility index (Phi) is 3.79. The lowest BCUT2D eigenvalue weighted by molar-refractivity contribution is 0.388. The molecule has 3 N–H and O–H groups in total. The van der Waals surface area contributed by atoms with Crippen LogP contribution in [0.5, 0.6) is 0 Å². The highest BCUT2D eigenvalue weighted by molar-refractivity contribution is 7.89. The number of nitrogens with zero attached hydrogens (tertiary/aromatic N) is 1. The zero-order valence-electron chi connectivity index (χ0n) is 10.9. The summed E-state index contributed by atoms with van der Waals surface area (Å²) in [5.41, 5.74) is 6.23. The van der Waals surface area contributed by atoms with Crippen molar-refractivity contribution >= 4 is 10.0 Å². The van der Waals surface area contributed by atoms with E-state index < -0.39 is 10.0 Å². The van der Waals surface area contributed by atoms with E-state index in [0.29, 0.717) is 36.4 Å². The molecule has 2 rings (SSSR count). The van der Waals surface area contributed by atoms with E-state index in [1.807, 2.05) is 0 Å². The molecule has 1 unspecified atom stereocenters. The summed E-state index contributed by atoms with van der Waals surface area (Å²) in [6.45, 7) is 5.86. The molecule has 1 aliphatic heterocycles. The fourth-order valence-corrected chi connectivity index (χ4v) is 3.88. The molecule has 1 saturated heterocycles. The largest absolute Gasteiger partial charge is 0.363 e. The fourth-order valence-electron chi connectivity index (χ4n) is 2.35. The van der Waals surface area contributed by atoms with Crippen molar-refractivity contribution < 1.29 is 8.42 Å². The number of aromatic nitrogens is 1. The van der Waals surface area contributed by atoms with Crippen molar-refractivity contribution in [2.75, 3.05) is 13.1 Å². The van der Waals surface area contributed by atoms with E-state index in [4.69, 9.17) is 5.73 Å². The van der Waals surface area contributed by atoms with Gasteiger partial charge in [-0.05, 0) is 24.3 Å². The van der Waals surface area contributed by atoms with Crippen LogP contribution in [0.2, 0.25) is 0 Å². The van der Waals surface area contributed by atoms with Crippen LogP contribution in [0.15, 0.2) is 17.2 Å². The minimum atomic E-state index is -3.35. The minimum Gasteiger partial charge on any atom is -0.363 e. The van der Waals surface area contributed by atoms with Crippen LogP contribution in [0, 0.1) is 11.8 Å². The number of sulfonamides is 1. The second-order valence-electron chi connectivity index (χ2n) is 5.22. The third-order valence-corrected chi connectivity index (χ3v) is 5.55. The lowest BCUT2D eigenvalue weighted by atomic mass is 9.96. The van der Waals surface area contributed by atoms with E-state index in [1.165, 1.54) is 6.20 Å². The highest BCUT2D eigenvalue weighted by Gasteiger charge is 2.34. The fraction of sp³-hybridized carbons (Fsp3) is 0.667. The van der Waals surface area contributed by atoms with Crippen LogP contribution in [-0.2, 0) is 16.6 Å². The quantitative estimate of drug-likeness (QED) is 0.862. The van der Waals surface area contributed by atoms with Gasteiger partial charge in [0, 0.05) is 31.5 Å². The molecule has 1 fully saturated rings. The van der Waals surface area contributed by atoms with Crippen molar-refractivity contribution in [1.29, 1.82) is 0 Å². The summed E-state index contributed by atoms with van der Waals surface area (Å²) >= 11 is 0. The van der Waals surface area contributed by atoms with Gasteiger partial charge in [-0.3, -0.25) is 0 Å². The molecule has 1 aromatic rings. The molecule has 1 aliphatic rings. The first kappa shape index (κ1) is 13.6. The van der Waals surface area contributed by atoms with Gasteiger partial charge in [0.1, 0.15) is 0 Å². The Morgan fingerprint density at radius 1 is 1.56 bits per heavy atom. The van der Waals surface area contributed by atoms with Crippen molar-refractivity contribution in [2.45, 2.75) is 31.7 Å². The monoisotopic (exact) mass is 271 g/mol. The van der Waals surface area contributed by atoms with Gasteiger partial charge in [-0.1, -0.05) is 13.8 Å². The van der Waals surface area contributed by atoms with Crippen LogP contribution < -0.4 is 5.73 Å². The molecule has 5 nitrogen and oxygen atoms in total. The summed E-state index contributed by atoms with van der Waals surface area (Å²) in [6.07, 6.45) is 2.48. The van der Waals surface area contributed by atoms with Gasteiger partial charge in [-0.15, -0.1) is 0 Å². The van der Waals surface area contributed by atoms with E-state index in [9.17, 15) is 8.42 Å². The summed E-state index contributed by atoms with van der Waals surface area (Å²) in [4.78, 5) is 3.21. The SMILES string of the molecule is CC(C)C1CCN(S(=O)(=O)c2c[nH]c(CN)c2)C1. The summed E-state index contributed by atoms with van der Waals surface area (Å²) in [5, 5.41) is 0. The average Bonchev–Trinajstić information content (AvgIpc) is 2.98. The van der Waals surface area contributed by atoms with E-state index in [2.05, 4.69) is 18.8 Å². The molecule has 0 aliphatic carbocycles. The van der Waals surface area contributed by atoms with Crippen LogP contribution in [0.1, 0.15) is 26.0 Å². The van der Waals surface area contributed by atoms with Crippen LogP contribution in [-0.4, -0.2) is 30.8 Å². The molecule has 18 heavy (non-hydrogen) atoms. The lowest BCUT2D eigenvalue weighted by Gasteiger charge is -2.17. The number of nitrogens with two attached hydrogens (primary N) is 1. The smallest absolute Gasteiger partial charge is 0.244 e. The topological polar surface area (TPSA) is 79.2 Å². The molecular weight excluding hydrogens is 250 g/mol. The Bertz CT molecular complexity index is 507. The van der Waals surface area contributed by atoms with E-state index in [1.54, 1.807) is 10.4 Å². The van der Waals surface area contributed by atoms with Crippen LogP contribution in [0.3, 0.4) is 0 Å². The summed E-state index contributed by atoms with van der Waals surface area (Å²) in [5.74, 6) is 0.990. The maximum absolute atomic E-state index is 12.4. The molecule has 0 amide bonds. The molecular formula is C12H21N3O2S. The number of nitrogens with one attached hydrogen (secondary N) is 1. The van der Waals surface area contributed by atoms with Gasteiger partial charge in [0.25, 0.3) is 0 Å². The number of rotatable bonds is 4. The molecule has 1 aromatic heterocycles. The van der Waals surface area contributed by atoms with Crippen LogP contribution in [0.4, 0.5) is 0 Å². The first-order valence-corrected chi connectivity index (χ1v) is 7.76. The second-order valence-corrected chi connectivity index (χ2v) is 7.16. The Labute approximate surface area is 108 Å². The Morgan fingerprint density at radius 3 is 2.78 bits per heavy atom. The first-order chi connectivity index (χ1) is 8.45. The van der Waals surface area contributed by atoms with E-state index in [0.717, 1.165) is 12.1 Å². The summed E-state index contributed by atoms with van der Waals surface area (Å²) < 4.78 is 26.4. The predicted molar refractivity (Wildman–Crippen MR) is 70.4 cm³/mol. The van der Waals surface area contributed by atoms with Crippen molar-refractivity contribution in [1.82, 2.24) is 9.29 Å². The highest BCUT2D eigenvalue weighted by atomic mass is 32.2. The van der Waals surface area contributed by atoms with Crippen molar-refractivity contribution in [3.8, 4) is 0 Å². The third-order valence-electron chi connectivity index (χ3n) is 3.70. The second kappa shape index (κ2) is 5.03. The van der Waals surface area contributed by atoms with Crippen LogP contribution >= 0.6 is 0 Å². The lowest BCUT2D eigenvalue weighted by Crippen LogP contribution is -2.29. The van der Waals surface area contributed by atoms with E-state index in [-0.39, 0.29) is 0 Å². The molecule has 0 aromatic carbocycles. The Hall–Kier alpha value is -0.850. The minimum absolute atomic E-state index is 0.324. The molecule has 6 heteroatoms. The standard InChI is InChI=1S/C12H21N3O2S/c1-9(2)10-3-4-15(8-10)18(16,17)12-5-11(6-13)14-7-12/h5,7,9-10,14H,3-4,6,8,13H2,1-2H3. The number of hydrogen-bond donors (Lipinski definition) is 2. The molecule has 0 spiro atoms. The number of aromatic amines is 1. The third kappa shape index (κ3) is 2.46. The zero-order chi connectivity index (χ0) is 13.3. The van der Waals surface area contributed by atoms with Gasteiger partial charge in [0.2, 0.25) is 10.0 Å². The normalized spacial score (nSPS) is 21.9. The molecule has 1 atom stereocenters. The molecule has 102 valence electrons. The maximum Gasteiger partial charge on any atom is 0.244 e. The van der Waals surface area contributed by atoms with Gasteiger partial charge in [0.15, 0.2) is 0 Å². The van der Waals surface area contributed by atoms with Gasteiger partial charge >= 0.3 is 0 Å². The number of hydrogen-bond acceptors (Lipinski definition) is 3. The van der Waals surface area contributed by atoms with Gasteiger partial charge < -0.3 is 10.7 Å². The molecule has 2 heterocycles. The van der Waals surface area contributed by atoms with Gasteiger partial charge in [-0.25, -0.2) is 8.42 Å². The predicted octanol–water partition coefficient (Wildman–Crippen LogP) is 1.14. The number of H-pyrrole nitrogens is 1. The Balaban J connectivity index is 2.17. The van der Waals surface area contributed by atoms with Crippen LogP contribution in [0.25, 0.3) is 0 Å². The van der Waals surface area contributed by atoms with Gasteiger partial charge in [-0.2, -0.15) is 4.31 Å². The Morgan fingerprint density at radius 2 is 2.28 bits per heavy atom. The van der Waals surface area contributed by atoms with Gasteiger partial charge in [0.05, 0.1) is 4.90 Å². The highest BCUT2D eigenvalue weighted by Crippen LogP contribution is 2.28. The molecule has 0 radical (unpaired) electrons. The van der Waals surface area contributed by atoms with Crippen molar-refractivity contribution in [2.24, 2.45) is 17.6 Å². The molecule has 0 saturated carbocycles. The summed E-state index contributed by atoms with van der Waals surface area (Å²) in [6, 6.07) is 1.62.